The van der Waals surface area contributed by atoms with Crippen molar-refractivity contribution in [2.24, 2.45) is 0 Å². The molecule has 0 spiro atoms. The Hall–Kier alpha value is -2.37. The number of hydrogen-bond donors (Lipinski definition) is 2. The molecule has 106 valence electrons. The van der Waals surface area contributed by atoms with Crippen LogP contribution in [0, 0.1) is 0 Å². The van der Waals surface area contributed by atoms with Gasteiger partial charge in [-0.1, -0.05) is 31.2 Å². The van der Waals surface area contributed by atoms with Crippen LogP contribution in [-0.4, -0.2) is 29.0 Å². The van der Waals surface area contributed by atoms with Gasteiger partial charge in [-0.2, -0.15) is 15.0 Å². The van der Waals surface area contributed by atoms with E-state index in [2.05, 4.69) is 51.5 Å². The second-order valence-corrected chi connectivity index (χ2v) is 4.74. The lowest BCUT2D eigenvalue weighted by Crippen LogP contribution is -2.16. The standard InChI is InChI=1S/C14H20N6/c1-4-10-5-7-11(8-6-10)9-16-13-17-12(15)18-14(19-13)20(2)3/h5-8H,4,9H2,1-3H3,(H3,15,16,17,18,19). The zero-order valence-electron chi connectivity index (χ0n) is 12.1. The predicted molar refractivity (Wildman–Crippen MR) is 81.7 cm³/mol. The minimum atomic E-state index is 0.215. The first-order chi connectivity index (χ1) is 9.58. The maximum atomic E-state index is 5.68. The number of rotatable bonds is 5. The third kappa shape index (κ3) is 3.57. The summed E-state index contributed by atoms with van der Waals surface area (Å²) < 4.78 is 0. The average molecular weight is 272 g/mol. The molecule has 2 aromatic rings. The minimum absolute atomic E-state index is 0.215. The first kappa shape index (κ1) is 14.0. The highest BCUT2D eigenvalue weighted by molar-refractivity contribution is 5.41. The van der Waals surface area contributed by atoms with E-state index in [9.17, 15) is 0 Å². The Morgan fingerprint density at radius 1 is 1.05 bits per heavy atom. The van der Waals surface area contributed by atoms with Crippen LogP contribution in [0.15, 0.2) is 24.3 Å². The molecule has 6 nitrogen and oxygen atoms in total. The zero-order valence-corrected chi connectivity index (χ0v) is 12.1. The molecule has 0 fully saturated rings. The van der Waals surface area contributed by atoms with E-state index >= 15 is 0 Å². The molecule has 0 amide bonds. The van der Waals surface area contributed by atoms with Crippen molar-refractivity contribution in [2.75, 3.05) is 30.0 Å². The molecule has 6 heteroatoms. The Morgan fingerprint density at radius 3 is 2.30 bits per heavy atom. The number of nitrogen functional groups attached to an aromatic ring is 1. The van der Waals surface area contributed by atoms with Crippen molar-refractivity contribution in [1.29, 1.82) is 0 Å². The molecule has 1 aromatic heterocycles. The lowest BCUT2D eigenvalue weighted by molar-refractivity contribution is 0.950. The minimum Gasteiger partial charge on any atom is -0.368 e. The quantitative estimate of drug-likeness (QED) is 0.862. The summed E-state index contributed by atoms with van der Waals surface area (Å²) in [6, 6.07) is 8.46. The highest BCUT2D eigenvalue weighted by Gasteiger charge is 2.05. The Kier molecular flexibility index (Phi) is 4.34. The predicted octanol–water partition coefficient (Wildman–Crippen LogP) is 1.69. The molecule has 0 aliphatic rings. The summed E-state index contributed by atoms with van der Waals surface area (Å²) in [7, 11) is 3.73. The van der Waals surface area contributed by atoms with E-state index in [1.807, 2.05) is 14.1 Å². The van der Waals surface area contributed by atoms with Crippen LogP contribution in [0.2, 0.25) is 0 Å². The number of nitrogens with two attached hydrogens (primary N) is 1. The average Bonchev–Trinajstić information content (AvgIpc) is 2.45. The summed E-state index contributed by atoms with van der Waals surface area (Å²) in [6.45, 7) is 2.80. The van der Waals surface area contributed by atoms with Crippen molar-refractivity contribution in [2.45, 2.75) is 19.9 Å². The van der Waals surface area contributed by atoms with Gasteiger partial charge in [0.05, 0.1) is 0 Å². The highest BCUT2D eigenvalue weighted by Crippen LogP contribution is 2.11. The van der Waals surface area contributed by atoms with Gasteiger partial charge in [0.15, 0.2) is 0 Å². The molecule has 20 heavy (non-hydrogen) atoms. The maximum absolute atomic E-state index is 5.68. The molecule has 0 saturated heterocycles. The van der Waals surface area contributed by atoms with Gasteiger partial charge >= 0.3 is 0 Å². The van der Waals surface area contributed by atoms with Crippen LogP contribution in [0.5, 0.6) is 0 Å². The SMILES string of the molecule is CCc1ccc(CNc2nc(N)nc(N(C)C)n2)cc1. The summed E-state index contributed by atoms with van der Waals surface area (Å²) in [5.74, 6) is 1.25. The molecule has 1 aromatic carbocycles. The molecule has 0 atom stereocenters. The second kappa shape index (κ2) is 6.18. The maximum Gasteiger partial charge on any atom is 0.231 e. The van der Waals surface area contributed by atoms with Gasteiger partial charge in [0.1, 0.15) is 0 Å². The molecule has 0 unspecified atom stereocenters. The summed E-state index contributed by atoms with van der Waals surface area (Å²) in [5, 5.41) is 3.17. The largest absolute Gasteiger partial charge is 0.368 e. The molecule has 0 aliphatic carbocycles. The summed E-state index contributed by atoms with van der Waals surface area (Å²) >= 11 is 0. The molecule has 3 N–H and O–H groups in total. The second-order valence-electron chi connectivity index (χ2n) is 4.74. The van der Waals surface area contributed by atoms with Crippen LogP contribution >= 0.6 is 0 Å². The fourth-order valence-electron chi connectivity index (χ4n) is 1.73. The molecular weight excluding hydrogens is 252 g/mol. The number of anilines is 3. The van der Waals surface area contributed by atoms with Gasteiger partial charge in [-0.15, -0.1) is 0 Å². The van der Waals surface area contributed by atoms with Crippen molar-refractivity contribution >= 4 is 17.8 Å². The van der Waals surface area contributed by atoms with E-state index in [1.54, 1.807) is 4.90 Å². The third-order valence-electron chi connectivity index (χ3n) is 2.92. The number of aromatic nitrogens is 3. The van der Waals surface area contributed by atoms with Crippen molar-refractivity contribution in [1.82, 2.24) is 15.0 Å². The fourth-order valence-corrected chi connectivity index (χ4v) is 1.73. The topological polar surface area (TPSA) is 80.0 Å². The number of nitrogens with zero attached hydrogens (tertiary/aromatic N) is 4. The summed E-state index contributed by atoms with van der Waals surface area (Å²) in [6.07, 6.45) is 1.05. The Labute approximate surface area is 119 Å². The van der Waals surface area contributed by atoms with E-state index in [0.717, 1.165) is 6.42 Å². The van der Waals surface area contributed by atoms with E-state index in [4.69, 9.17) is 5.73 Å². The number of nitrogens with one attached hydrogen (secondary N) is 1. The first-order valence-electron chi connectivity index (χ1n) is 6.59. The number of benzene rings is 1. The fraction of sp³-hybridized carbons (Fsp3) is 0.357. The van der Waals surface area contributed by atoms with E-state index in [1.165, 1.54) is 11.1 Å². The van der Waals surface area contributed by atoms with Gasteiger partial charge in [0.2, 0.25) is 17.8 Å². The molecule has 0 radical (unpaired) electrons. The van der Waals surface area contributed by atoms with E-state index in [-0.39, 0.29) is 5.95 Å². The lowest BCUT2D eigenvalue weighted by Gasteiger charge is -2.12. The summed E-state index contributed by atoms with van der Waals surface area (Å²) in [5.41, 5.74) is 8.18. The molecule has 0 aliphatic heterocycles. The highest BCUT2D eigenvalue weighted by atomic mass is 15.3. The molecule has 2 rings (SSSR count). The van der Waals surface area contributed by atoms with Gasteiger partial charge < -0.3 is 16.0 Å². The summed E-state index contributed by atoms with van der Waals surface area (Å²) in [4.78, 5) is 14.2. The molecule has 0 saturated carbocycles. The van der Waals surface area contributed by atoms with Crippen LogP contribution in [-0.2, 0) is 13.0 Å². The van der Waals surface area contributed by atoms with Gasteiger partial charge in [-0.3, -0.25) is 0 Å². The molecule has 1 heterocycles. The van der Waals surface area contributed by atoms with Crippen molar-refractivity contribution in [3.63, 3.8) is 0 Å². The van der Waals surface area contributed by atoms with Gasteiger partial charge in [-0.25, -0.2) is 0 Å². The van der Waals surface area contributed by atoms with Crippen LogP contribution in [0.1, 0.15) is 18.1 Å². The van der Waals surface area contributed by atoms with Gasteiger partial charge in [0, 0.05) is 20.6 Å². The van der Waals surface area contributed by atoms with E-state index < -0.39 is 0 Å². The van der Waals surface area contributed by atoms with Crippen molar-refractivity contribution in [3.05, 3.63) is 35.4 Å². The van der Waals surface area contributed by atoms with Gasteiger partial charge in [-0.05, 0) is 17.5 Å². The third-order valence-corrected chi connectivity index (χ3v) is 2.92. The Bertz CT molecular complexity index is 564. The smallest absolute Gasteiger partial charge is 0.231 e. The number of aryl methyl sites for hydroxylation is 1. The first-order valence-corrected chi connectivity index (χ1v) is 6.59. The Balaban J connectivity index is 2.06. The number of hydrogen-bond acceptors (Lipinski definition) is 6. The van der Waals surface area contributed by atoms with Gasteiger partial charge in [0.25, 0.3) is 0 Å². The molecule has 0 bridgehead atoms. The zero-order chi connectivity index (χ0) is 14.5. The normalized spacial score (nSPS) is 10.3. The molecular formula is C14H20N6. The van der Waals surface area contributed by atoms with E-state index in [0.29, 0.717) is 18.4 Å². The van der Waals surface area contributed by atoms with Crippen LogP contribution in [0.3, 0.4) is 0 Å². The Morgan fingerprint density at radius 2 is 1.70 bits per heavy atom. The van der Waals surface area contributed by atoms with Crippen molar-refractivity contribution in [3.8, 4) is 0 Å². The monoisotopic (exact) mass is 272 g/mol. The van der Waals surface area contributed by atoms with Crippen LogP contribution in [0.4, 0.5) is 17.8 Å². The van der Waals surface area contributed by atoms with Crippen molar-refractivity contribution < 1.29 is 0 Å². The lowest BCUT2D eigenvalue weighted by atomic mass is 10.1. The van der Waals surface area contributed by atoms with Crippen LogP contribution in [0.25, 0.3) is 0 Å². The van der Waals surface area contributed by atoms with Crippen LogP contribution < -0.4 is 16.0 Å².